The molecule has 0 aliphatic carbocycles. The summed E-state index contributed by atoms with van der Waals surface area (Å²) in [6, 6.07) is 29.4. The van der Waals surface area contributed by atoms with E-state index in [1.54, 1.807) is 0 Å². The molecule has 180 valence electrons. The molecule has 6 heteroatoms. The highest BCUT2D eigenvalue weighted by Gasteiger charge is 2.46. The summed E-state index contributed by atoms with van der Waals surface area (Å²) in [7, 11) is 0. The van der Waals surface area contributed by atoms with Crippen LogP contribution in [0.15, 0.2) is 91.0 Å². The minimum absolute atomic E-state index is 0.184. The van der Waals surface area contributed by atoms with Gasteiger partial charge in [0.2, 0.25) is 0 Å². The van der Waals surface area contributed by atoms with Gasteiger partial charge in [0, 0.05) is 5.92 Å². The fourth-order valence-electron chi connectivity index (χ4n) is 4.16. The lowest BCUT2D eigenvalue weighted by Gasteiger charge is -2.44. The zero-order valence-electron chi connectivity index (χ0n) is 19.1. The van der Waals surface area contributed by atoms with Gasteiger partial charge in [-0.15, -0.1) is 0 Å². The molecule has 6 nitrogen and oxygen atoms in total. The molecule has 2 N–H and O–H groups in total. The summed E-state index contributed by atoms with van der Waals surface area (Å²) in [6.07, 6.45) is -3.09. The molecule has 1 saturated heterocycles. The molecule has 3 aromatic rings. The van der Waals surface area contributed by atoms with Gasteiger partial charge in [-0.1, -0.05) is 91.0 Å². The Kier molecular flexibility index (Phi) is 9.21. The van der Waals surface area contributed by atoms with Crippen LogP contribution in [0.3, 0.4) is 0 Å². The van der Waals surface area contributed by atoms with Crippen molar-refractivity contribution in [1.82, 2.24) is 0 Å². The summed E-state index contributed by atoms with van der Waals surface area (Å²) in [4.78, 5) is 0. The molecule has 1 fully saturated rings. The van der Waals surface area contributed by atoms with Crippen LogP contribution in [0.1, 0.15) is 16.7 Å². The van der Waals surface area contributed by atoms with Crippen LogP contribution >= 0.6 is 0 Å². The van der Waals surface area contributed by atoms with Crippen molar-refractivity contribution in [1.29, 1.82) is 0 Å². The lowest BCUT2D eigenvalue weighted by atomic mass is 9.89. The molecular formula is C28H32O6. The normalized spacial score (nSPS) is 24.7. The predicted molar refractivity (Wildman–Crippen MR) is 128 cm³/mol. The minimum Gasteiger partial charge on any atom is -0.396 e. The van der Waals surface area contributed by atoms with E-state index in [2.05, 4.69) is 0 Å². The van der Waals surface area contributed by atoms with E-state index in [1.165, 1.54) is 0 Å². The Morgan fingerprint density at radius 2 is 1.12 bits per heavy atom. The first-order chi connectivity index (χ1) is 16.7. The molecule has 5 atom stereocenters. The molecule has 1 heterocycles. The van der Waals surface area contributed by atoms with Crippen LogP contribution in [0.25, 0.3) is 0 Å². The van der Waals surface area contributed by atoms with Gasteiger partial charge in [0.05, 0.1) is 45.2 Å². The first-order valence-electron chi connectivity index (χ1n) is 11.6. The molecule has 0 bridgehead atoms. The van der Waals surface area contributed by atoms with Crippen molar-refractivity contribution < 1.29 is 29.2 Å². The van der Waals surface area contributed by atoms with Gasteiger partial charge in [0.1, 0.15) is 6.10 Å². The Balaban J connectivity index is 1.45. The number of hydrogen-bond acceptors (Lipinski definition) is 6. The summed E-state index contributed by atoms with van der Waals surface area (Å²) in [6.45, 7) is 1.07. The zero-order valence-corrected chi connectivity index (χ0v) is 19.1. The monoisotopic (exact) mass is 464 g/mol. The Labute approximate surface area is 200 Å². The second-order valence-corrected chi connectivity index (χ2v) is 8.43. The highest BCUT2D eigenvalue weighted by molar-refractivity contribution is 5.15. The average molecular weight is 465 g/mol. The number of ether oxygens (including phenoxy) is 4. The van der Waals surface area contributed by atoms with Crippen LogP contribution in [-0.4, -0.2) is 48.0 Å². The second kappa shape index (κ2) is 12.8. The molecule has 0 amide bonds. The van der Waals surface area contributed by atoms with Crippen LogP contribution in [0.5, 0.6) is 0 Å². The molecular weight excluding hydrogens is 432 g/mol. The van der Waals surface area contributed by atoms with E-state index in [-0.39, 0.29) is 13.2 Å². The number of hydrogen-bond donors (Lipinski definition) is 2. The van der Waals surface area contributed by atoms with Gasteiger partial charge in [-0.25, -0.2) is 0 Å². The van der Waals surface area contributed by atoms with Crippen molar-refractivity contribution >= 4 is 0 Å². The Morgan fingerprint density at radius 1 is 0.647 bits per heavy atom. The zero-order chi connectivity index (χ0) is 23.6. The Bertz CT molecular complexity index is 952. The van der Waals surface area contributed by atoms with E-state index in [4.69, 9.17) is 18.9 Å². The number of benzene rings is 3. The van der Waals surface area contributed by atoms with E-state index >= 15 is 0 Å². The van der Waals surface area contributed by atoms with Gasteiger partial charge in [-0.05, 0) is 16.7 Å². The predicted octanol–water partition coefficient (Wildman–Crippen LogP) is 3.70. The van der Waals surface area contributed by atoms with Crippen LogP contribution in [0, 0.1) is 5.92 Å². The average Bonchev–Trinajstić information content (AvgIpc) is 2.88. The van der Waals surface area contributed by atoms with Gasteiger partial charge in [-0.3, -0.25) is 0 Å². The van der Waals surface area contributed by atoms with Gasteiger partial charge < -0.3 is 29.2 Å². The number of aliphatic hydroxyl groups is 2. The van der Waals surface area contributed by atoms with Crippen LogP contribution in [0.2, 0.25) is 0 Å². The van der Waals surface area contributed by atoms with Gasteiger partial charge >= 0.3 is 0 Å². The fraction of sp³-hybridized carbons (Fsp3) is 0.357. The quantitative estimate of drug-likeness (QED) is 0.451. The topological polar surface area (TPSA) is 77.4 Å². The molecule has 0 saturated carbocycles. The van der Waals surface area contributed by atoms with Crippen molar-refractivity contribution in [2.45, 2.75) is 44.4 Å². The SMILES string of the molecule is OC[C@H]1[C@H](OCc2ccccc2)[C@@H](OCc2ccccc2)C(O)O[C@@H]1COCc1ccccc1. The number of aliphatic hydroxyl groups excluding tert-OH is 2. The van der Waals surface area contributed by atoms with Crippen molar-refractivity contribution in [2.75, 3.05) is 13.2 Å². The van der Waals surface area contributed by atoms with Crippen molar-refractivity contribution in [3.63, 3.8) is 0 Å². The second-order valence-electron chi connectivity index (χ2n) is 8.43. The summed E-state index contributed by atoms with van der Waals surface area (Å²) < 4.78 is 24.1. The first-order valence-corrected chi connectivity index (χ1v) is 11.6. The highest BCUT2D eigenvalue weighted by atomic mass is 16.7. The molecule has 3 aromatic carbocycles. The number of rotatable bonds is 11. The molecule has 4 rings (SSSR count). The summed E-state index contributed by atoms with van der Waals surface area (Å²) >= 11 is 0. The van der Waals surface area contributed by atoms with E-state index in [0.717, 1.165) is 16.7 Å². The van der Waals surface area contributed by atoms with Gasteiger partial charge in [-0.2, -0.15) is 0 Å². The largest absolute Gasteiger partial charge is 0.396 e. The maximum Gasteiger partial charge on any atom is 0.184 e. The Hall–Kier alpha value is -2.58. The molecule has 1 aliphatic heterocycles. The van der Waals surface area contributed by atoms with Crippen molar-refractivity contribution in [3.05, 3.63) is 108 Å². The molecule has 0 aromatic heterocycles. The third-order valence-corrected chi connectivity index (χ3v) is 5.99. The summed E-state index contributed by atoms with van der Waals surface area (Å²) in [5, 5.41) is 21.1. The molecule has 1 unspecified atom stereocenters. The maximum absolute atomic E-state index is 10.9. The third-order valence-electron chi connectivity index (χ3n) is 5.99. The Morgan fingerprint density at radius 3 is 1.62 bits per heavy atom. The minimum atomic E-state index is -1.21. The first kappa shape index (κ1) is 24.5. The van der Waals surface area contributed by atoms with E-state index < -0.39 is 30.5 Å². The van der Waals surface area contributed by atoms with Gasteiger partial charge in [0.15, 0.2) is 6.29 Å². The van der Waals surface area contributed by atoms with E-state index in [1.807, 2.05) is 91.0 Å². The van der Waals surface area contributed by atoms with Crippen molar-refractivity contribution in [3.8, 4) is 0 Å². The van der Waals surface area contributed by atoms with Gasteiger partial charge in [0.25, 0.3) is 0 Å². The maximum atomic E-state index is 10.9. The molecule has 0 spiro atoms. The van der Waals surface area contributed by atoms with Crippen LogP contribution in [-0.2, 0) is 38.8 Å². The molecule has 1 aliphatic rings. The molecule has 0 radical (unpaired) electrons. The lowest BCUT2D eigenvalue weighted by molar-refractivity contribution is -0.301. The summed E-state index contributed by atoms with van der Waals surface area (Å²) in [5.41, 5.74) is 3.02. The van der Waals surface area contributed by atoms with Crippen LogP contribution in [0.4, 0.5) is 0 Å². The lowest BCUT2D eigenvalue weighted by Crippen LogP contribution is -2.58. The smallest absolute Gasteiger partial charge is 0.184 e. The van der Waals surface area contributed by atoms with Crippen LogP contribution < -0.4 is 0 Å². The van der Waals surface area contributed by atoms with E-state index in [0.29, 0.717) is 19.8 Å². The molecule has 34 heavy (non-hydrogen) atoms. The van der Waals surface area contributed by atoms with Crippen molar-refractivity contribution in [2.24, 2.45) is 5.92 Å². The van der Waals surface area contributed by atoms with E-state index in [9.17, 15) is 10.2 Å². The standard InChI is InChI=1S/C28H32O6/c29-16-24-25(20-31-17-21-10-4-1-5-11-21)34-28(30)27(33-19-23-14-8-3-9-15-23)26(24)32-18-22-12-6-2-7-13-22/h1-15,24-30H,16-20H2/t24-,25-,26+,27-,28?/m1/s1. The summed E-state index contributed by atoms with van der Waals surface area (Å²) in [5.74, 6) is -0.427. The third kappa shape index (κ3) is 6.73. The fourth-order valence-corrected chi connectivity index (χ4v) is 4.16. The highest BCUT2D eigenvalue weighted by Crippen LogP contribution is 2.31.